The molecule has 1 saturated heterocycles. The Hall–Kier alpha value is -3.78. The SMILES string of the molecule is CC(C)c1ccc(C2c3[nH]c4ccccc4c3CC3C(=O)N(c4cc(C(F)(F)F)ccc4Cl)C(=O)N32)cc1. The Morgan fingerprint density at radius 3 is 2.39 bits per heavy atom. The van der Waals surface area contributed by atoms with E-state index < -0.39 is 35.8 Å². The van der Waals surface area contributed by atoms with E-state index in [0.29, 0.717) is 5.92 Å². The Morgan fingerprint density at radius 1 is 1.00 bits per heavy atom. The van der Waals surface area contributed by atoms with Gasteiger partial charge in [-0.15, -0.1) is 0 Å². The van der Waals surface area contributed by atoms with Gasteiger partial charge in [0.15, 0.2) is 0 Å². The second kappa shape index (κ2) is 8.63. The maximum absolute atomic E-state index is 13.9. The van der Waals surface area contributed by atoms with E-state index in [1.54, 1.807) is 0 Å². The molecular formula is C29H23ClF3N3O2. The van der Waals surface area contributed by atoms with E-state index in [4.69, 9.17) is 11.6 Å². The number of carbonyl (C=O) groups excluding carboxylic acids is 2. The zero-order valence-electron chi connectivity index (χ0n) is 20.5. The summed E-state index contributed by atoms with van der Waals surface area (Å²) in [5.41, 5.74) is 3.26. The number of alkyl halides is 3. The van der Waals surface area contributed by atoms with Gasteiger partial charge in [0.05, 0.1) is 16.3 Å². The molecule has 38 heavy (non-hydrogen) atoms. The van der Waals surface area contributed by atoms with Crippen LogP contribution in [0.4, 0.5) is 23.7 Å². The fourth-order valence-electron chi connectivity index (χ4n) is 5.57. The number of carbonyl (C=O) groups is 2. The van der Waals surface area contributed by atoms with Crippen LogP contribution in [-0.4, -0.2) is 27.9 Å². The molecule has 0 aliphatic carbocycles. The van der Waals surface area contributed by atoms with Crippen molar-refractivity contribution in [2.75, 3.05) is 4.90 Å². The van der Waals surface area contributed by atoms with Crippen molar-refractivity contribution < 1.29 is 22.8 Å². The van der Waals surface area contributed by atoms with Crippen LogP contribution in [0.3, 0.4) is 0 Å². The molecule has 3 amide bonds. The van der Waals surface area contributed by atoms with E-state index >= 15 is 0 Å². The van der Waals surface area contributed by atoms with Crippen molar-refractivity contribution in [2.24, 2.45) is 0 Å². The molecule has 0 spiro atoms. The van der Waals surface area contributed by atoms with E-state index in [1.807, 2.05) is 48.5 Å². The monoisotopic (exact) mass is 537 g/mol. The molecule has 2 aliphatic heterocycles. The first-order valence-corrected chi connectivity index (χ1v) is 12.7. The van der Waals surface area contributed by atoms with Crippen molar-refractivity contribution in [3.8, 4) is 0 Å². The number of anilines is 1. The minimum absolute atomic E-state index is 0.110. The molecule has 6 rings (SSSR count). The highest BCUT2D eigenvalue weighted by Gasteiger charge is 2.53. The summed E-state index contributed by atoms with van der Waals surface area (Å²) in [5, 5.41) is 0.836. The Labute approximate surface area is 221 Å². The summed E-state index contributed by atoms with van der Waals surface area (Å²) < 4.78 is 40.5. The van der Waals surface area contributed by atoms with Crippen molar-refractivity contribution in [3.05, 3.63) is 99.7 Å². The molecule has 1 N–H and O–H groups in total. The van der Waals surface area contributed by atoms with Crippen LogP contribution >= 0.6 is 11.6 Å². The van der Waals surface area contributed by atoms with Gasteiger partial charge < -0.3 is 4.98 Å². The molecule has 2 aliphatic rings. The van der Waals surface area contributed by atoms with Crippen molar-refractivity contribution >= 4 is 40.1 Å². The molecule has 5 nitrogen and oxygen atoms in total. The molecule has 0 bridgehead atoms. The molecule has 3 heterocycles. The summed E-state index contributed by atoms with van der Waals surface area (Å²) >= 11 is 6.26. The van der Waals surface area contributed by atoms with Gasteiger partial charge >= 0.3 is 12.2 Å². The number of hydrogen-bond acceptors (Lipinski definition) is 2. The van der Waals surface area contributed by atoms with Gasteiger partial charge in [0.1, 0.15) is 12.1 Å². The molecule has 0 radical (unpaired) electrons. The van der Waals surface area contributed by atoms with Crippen LogP contribution in [0.15, 0.2) is 66.7 Å². The molecule has 4 aromatic rings. The van der Waals surface area contributed by atoms with Crippen molar-refractivity contribution in [1.29, 1.82) is 0 Å². The number of fused-ring (bicyclic) bond motifs is 4. The van der Waals surface area contributed by atoms with Crippen LogP contribution in [0, 0.1) is 0 Å². The first-order chi connectivity index (χ1) is 18.1. The zero-order valence-corrected chi connectivity index (χ0v) is 21.3. The standard InChI is InChI=1S/C29H23ClF3N3O2/c1-15(2)16-7-9-17(10-8-16)26-25-20(19-5-3-4-6-22(19)34-25)14-24-27(37)36(28(38)35(24)26)23-13-18(29(31,32)33)11-12-21(23)30/h3-13,15,24,26,34H,14H2,1-2H3. The second-order valence-corrected chi connectivity index (χ2v) is 10.4. The lowest BCUT2D eigenvalue weighted by Gasteiger charge is -2.36. The van der Waals surface area contributed by atoms with Gasteiger partial charge in [-0.2, -0.15) is 13.2 Å². The number of nitrogens with zero attached hydrogens (tertiary/aromatic N) is 2. The number of para-hydroxylation sites is 1. The van der Waals surface area contributed by atoms with Gasteiger partial charge in [-0.25, -0.2) is 9.69 Å². The summed E-state index contributed by atoms with van der Waals surface area (Å²) in [4.78, 5) is 33.4. The molecule has 0 saturated carbocycles. The average Bonchev–Trinajstić information content (AvgIpc) is 3.37. The first-order valence-electron chi connectivity index (χ1n) is 12.3. The fraction of sp³-hybridized carbons (Fsp3) is 0.241. The lowest BCUT2D eigenvalue weighted by Crippen LogP contribution is -2.44. The van der Waals surface area contributed by atoms with Crippen molar-refractivity contribution in [1.82, 2.24) is 9.88 Å². The van der Waals surface area contributed by atoms with Gasteiger partial charge in [-0.1, -0.05) is 67.9 Å². The summed E-state index contributed by atoms with van der Waals surface area (Å²) in [7, 11) is 0. The van der Waals surface area contributed by atoms with Gasteiger partial charge in [0, 0.05) is 23.0 Å². The molecule has 1 fully saturated rings. The van der Waals surface area contributed by atoms with Gasteiger partial charge in [-0.3, -0.25) is 9.69 Å². The van der Waals surface area contributed by atoms with Crippen LogP contribution in [0.25, 0.3) is 10.9 Å². The lowest BCUT2D eigenvalue weighted by molar-refractivity contribution is -0.137. The third-order valence-electron chi connectivity index (χ3n) is 7.48. The Kier molecular flexibility index (Phi) is 5.57. The normalized spacial score (nSPS) is 19.4. The van der Waals surface area contributed by atoms with E-state index in [0.717, 1.165) is 56.4 Å². The maximum Gasteiger partial charge on any atom is 0.416 e. The van der Waals surface area contributed by atoms with Crippen molar-refractivity contribution in [2.45, 2.75) is 44.4 Å². The number of aromatic amines is 1. The van der Waals surface area contributed by atoms with Crippen LogP contribution in [0.5, 0.6) is 0 Å². The molecular weight excluding hydrogens is 515 g/mol. The van der Waals surface area contributed by atoms with Crippen LogP contribution in [0.1, 0.15) is 53.8 Å². The van der Waals surface area contributed by atoms with E-state index in [1.165, 1.54) is 4.90 Å². The average molecular weight is 538 g/mol. The molecule has 2 unspecified atom stereocenters. The summed E-state index contributed by atoms with van der Waals surface area (Å²) in [6.07, 6.45) is -4.42. The Bertz CT molecular complexity index is 1590. The van der Waals surface area contributed by atoms with Crippen LogP contribution in [0.2, 0.25) is 5.02 Å². The van der Waals surface area contributed by atoms with Gasteiger partial charge in [0.25, 0.3) is 5.91 Å². The highest BCUT2D eigenvalue weighted by Crippen LogP contribution is 2.46. The molecule has 9 heteroatoms. The number of halogens is 4. The number of imide groups is 1. The van der Waals surface area contributed by atoms with E-state index in [9.17, 15) is 22.8 Å². The third kappa shape index (κ3) is 3.69. The number of urea groups is 1. The summed E-state index contributed by atoms with van der Waals surface area (Å²) in [5.74, 6) is -0.295. The summed E-state index contributed by atoms with van der Waals surface area (Å²) in [6, 6.07) is 16.0. The Morgan fingerprint density at radius 2 is 1.71 bits per heavy atom. The highest BCUT2D eigenvalue weighted by molar-refractivity contribution is 6.36. The number of rotatable bonds is 3. The van der Waals surface area contributed by atoms with Crippen LogP contribution in [-0.2, 0) is 17.4 Å². The summed E-state index contributed by atoms with van der Waals surface area (Å²) in [6.45, 7) is 4.17. The number of H-pyrrole nitrogens is 1. The number of aromatic nitrogens is 1. The van der Waals surface area contributed by atoms with Gasteiger partial charge in [0.2, 0.25) is 0 Å². The lowest BCUT2D eigenvalue weighted by atomic mass is 9.88. The third-order valence-corrected chi connectivity index (χ3v) is 7.80. The Balaban J connectivity index is 1.51. The number of amides is 3. The highest BCUT2D eigenvalue weighted by atomic mass is 35.5. The quantitative estimate of drug-likeness (QED) is 0.276. The molecule has 194 valence electrons. The smallest absolute Gasteiger partial charge is 0.356 e. The topological polar surface area (TPSA) is 56.4 Å². The maximum atomic E-state index is 13.9. The largest absolute Gasteiger partial charge is 0.416 e. The first kappa shape index (κ1) is 24.6. The van der Waals surface area contributed by atoms with Crippen LogP contribution < -0.4 is 4.90 Å². The zero-order chi connectivity index (χ0) is 26.9. The van der Waals surface area contributed by atoms with E-state index in [-0.39, 0.29) is 17.1 Å². The van der Waals surface area contributed by atoms with Crippen molar-refractivity contribution in [3.63, 3.8) is 0 Å². The molecule has 2 atom stereocenters. The second-order valence-electron chi connectivity index (χ2n) is 10.0. The molecule has 3 aromatic carbocycles. The number of nitrogens with one attached hydrogen (secondary N) is 1. The minimum Gasteiger partial charge on any atom is -0.356 e. The number of benzene rings is 3. The fourth-order valence-corrected chi connectivity index (χ4v) is 5.77. The predicted molar refractivity (Wildman–Crippen MR) is 139 cm³/mol. The minimum atomic E-state index is -4.66. The molecule has 1 aromatic heterocycles. The van der Waals surface area contributed by atoms with Gasteiger partial charge in [-0.05, 0) is 46.9 Å². The number of hydrogen-bond donors (Lipinski definition) is 1. The van der Waals surface area contributed by atoms with E-state index in [2.05, 4.69) is 18.8 Å². The predicted octanol–water partition coefficient (Wildman–Crippen LogP) is 7.45.